The summed E-state index contributed by atoms with van der Waals surface area (Å²) in [7, 11) is 0. The molecule has 29 heavy (non-hydrogen) atoms. The van der Waals surface area contributed by atoms with E-state index in [1.54, 1.807) is 0 Å². The maximum Gasteiger partial charge on any atom is 0.184 e. The molecule has 1 aromatic carbocycles. The first kappa shape index (κ1) is 24.4. The van der Waals surface area contributed by atoms with Gasteiger partial charge in [0.25, 0.3) is 0 Å². The minimum Gasteiger partial charge on any atom is -0.373 e. The monoisotopic (exact) mass is 404 g/mol. The molecule has 0 spiro atoms. The SMILES string of the molecule is CCCCCCCCCCCCCCCCOC1COC(c2ccccc2)OC1. The van der Waals surface area contributed by atoms with Crippen molar-refractivity contribution in [3.63, 3.8) is 0 Å². The van der Waals surface area contributed by atoms with E-state index >= 15 is 0 Å². The van der Waals surface area contributed by atoms with Gasteiger partial charge in [-0.15, -0.1) is 0 Å². The molecule has 0 bridgehead atoms. The number of hydrogen-bond acceptors (Lipinski definition) is 3. The molecule has 0 amide bonds. The number of benzene rings is 1. The molecule has 0 unspecified atom stereocenters. The minimum absolute atomic E-state index is 0.0805. The Bertz CT molecular complexity index is 468. The van der Waals surface area contributed by atoms with Gasteiger partial charge in [0.05, 0.1) is 13.2 Å². The highest BCUT2D eigenvalue weighted by atomic mass is 16.7. The van der Waals surface area contributed by atoms with Crippen LogP contribution in [0.5, 0.6) is 0 Å². The molecule has 1 fully saturated rings. The van der Waals surface area contributed by atoms with Gasteiger partial charge in [-0.3, -0.25) is 0 Å². The lowest BCUT2D eigenvalue weighted by Crippen LogP contribution is -2.33. The molecule has 1 aliphatic heterocycles. The number of ether oxygens (including phenoxy) is 3. The second kappa shape index (κ2) is 16.8. The largest absolute Gasteiger partial charge is 0.373 e. The molecule has 1 aromatic rings. The van der Waals surface area contributed by atoms with Crippen LogP contribution in [0.25, 0.3) is 0 Å². The lowest BCUT2D eigenvalue weighted by molar-refractivity contribution is -0.230. The van der Waals surface area contributed by atoms with Gasteiger partial charge in [0.15, 0.2) is 6.29 Å². The van der Waals surface area contributed by atoms with Crippen molar-refractivity contribution in [1.29, 1.82) is 0 Å². The van der Waals surface area contributed by atoms with E-state index in [0.29, 0.717) is 13.2 Å². The van der Waals surface area contributed by atoms with Crippen LogP contribution in [0.3, 0.4) is 0 Å². The molecule has 3 nitrogen and oxygen atoms in total. The Morgan fingerprint density at radius 3 is 1.69 bits per heavy atom. The number of hydrogen-bond donors (Lipinski definition) is 0. The van der Waals surface area contributed by atoms with E-state index in [-0.39, 0.29) is 12.4 Å². The average Bonchev–Trinajstić information content (AvgIpc) is 2.77. The molecule has 166 valence electrons. The molecule has 3 heteroatoms. The van der Waals surface area contributed by atoms with E-state index in [2.05, 4.69) is 6.92 Å². The van der Waals surface area contributed by atoms with E-state index in [1.165, 1.54) is 83.5 Å². The quantitative estimate of drug-likeness (QED) is 0.250. The lowest BCUT2D eigenvalue weighted by Gasteiger charge is -2.29. The maximum absolute atomic E-state index is 5.92. The Kier molecular flexibility index (Phi) is 14.2. The summed E-state index contributed by atoms with van der Waals surface area (Å²) in [6, 6.07) is 10.1. The Labute approximate surface area is 179 Å². The van der Waals surface area contributed by atoms with Gasteiger partial charge < -0.3 is 14.2 Å². The summed E-state index contributed by atoms with van der Waals surface area (Å²) in [5.41, 5.74) is 1.08. The summed E-state index contributed by atoms with van der Waals surface area (Å²) in [6.07, 6.45) is 19.2. The Morgan fingerprint density at radius 2 is 1.17 bits per heavy atom. The van der Waals surface area contributed by atoms with E-state index in [9.17, 15) is 0 Å². The first-order chi connectivity index (χ1) is 14.4. The molecule has 0 N–H and O–H groups in total. The Hall–Kier alpha value is -0.900. The highest BCUT2D eigenvalue weighted by Crippen LogP contribution is 2.23. The second-order valence-electron chi connectivity index (χ2n) is 8.50. The fraction of sp³-hybridized carbons (Fsp3) is 0.769. The summed E-state index contributed by atoms with van der Waals surface area (Å²) in [6.45, 7) is 4.36. The summed E-state index contributed by atoms with van der Waals surface area (Å²) in [5, 5.41) is 0. The van der Waals surface area contributed by atoms with Crippen LogP contribution < -0.4 is 0 Å². The highest BCUT2D eigenvalue weighted by Gasteiger charge is 2.23. The average molecular weight is 405 g/mol. The molecule has 0 aliphatic carbocycles. The predicted octanol–water partition coefficient (Wildman–Crippen LogP) is 7.60. The fourth-order valence-electron chi connectivity index (χ4n) is 3.93. The van der Waals surface area contributed by atoms with Crippen LogP contribution in [0.1, 0.15) is 109 Å². The van der Waals surface area contributed by atoms with Gasteiger partial charge in [0.2, 0.25) is 0 Å². The summed E-state index contributed by atoms with van der Waals surface area (Å²) >= 11 is 0. The summed E-state index contributed by atoms with van der Waals surface area (Å²) < 4.78 is 17.5. The van der Waals surface area contributed by atoms with Crippen molar-refractivity contribution >= 4 is 0 Å². The van der Waals surface area contributed by atoms with Gasteiger partial charge in [-0.25, -0.2) is 0 Å². The van der Waals surface area contributed by atoms with Crippen LogP contribution in [-0.4, -0.2) is 25.9 Å². The molecule has 0 saturated carbocycles. The van der Waals surface area contributed by atoms with Crippen molar-refractivity contribution in [2.24, 2.45) is 0 Å². The predicted molar refractivity (Wildman–Crippen MR) is 121 cm³/mol. The van der Waals surface area contributed by atoms with Gasteiger partial charge >= 0.3 is 0 Å². The van der Waals surface area contributed by atoms with E-state index in [0.717, 1.165) is 18.6 Å². The molecule has 0 aromatic heterocycles. The van der Waals surface area contributed by atoms with Crippen LogP contribution in [0, 0.1) is 0 Å². The van der Waals surface area contributed by atoms with Crippen molar-refractivity contribution in [3.8, 4) is 0 Å². The van der Waals surface area contributed by atoms with Crippen LogP contribution in [0.2, 0.25) is 0 Å². The maximum atomic E-state index is 5.92. The van der Waals surface area contributed by atoms with E-state index in [1.807, 2.05) is 30.3 Å². The first-order valence-electron chi connectivity index (χ1n) is 12.3. The van der Waals surface area contributed by atoms with Crippen LogP contribution >= 0.6 is 0 Å². The number of unbranched alkanes of at least 4 members (excludes halogenated alkanes) is 13. The third-order valence-corrected chi connectivity index (χ3v) is 5.79. The zero-order valence-electron chi connectivity index (χ0n) is 18.8. The molecule has 1 heterocycles. The molecular weight excluding hydrogens is 360 g/mol. The normalized spacial score (nSPS) is 19.5. The van der Waals surface area contributed by atoms with Gasteiger partial charge in [-0.05, 0) is 6.42 Å². The van der Waals surface area contributed by atoms with Gasteiger partial charge in [-0.1, -0.05) is 121 Å². The standard InChI is InChI=1S/C26H44O3/c1-2-3-4-5-6-7-8-9-10-11-12-13-14-18-21-27-25-22-28-26(29-23-25)24-19-16-15-17-20-24/h15-17,19-20,25-26H,2-14,18,21-23H2,1H3. The second-order valence-corrected chi connectivity index (χ2v) is 8.50. The van der Waals surface area contributed by atoms with Crippen molar-refractivity contribution in [2.45, 2.75) is 109 Å². The molecule has 1 aliphatic rings. The molecule has 2 rings (SSSR count). The molecule has 0 atom stereocenters. The van der Waals surface area contributed by atoms with Crippen molar-refractivity contribution in [2.75, 3.05) is 19.8 Å². The third-order valence-electron chi connectivity index (χ3n) is 5.79. The topological polar surface area (TPSA) is 27.7 Å². The zero-order chi connectivity index (χ0) is 20.4. The van der Waals surface area contributed by atoms with Crippen molar-refractivity contribution < 1.29 is 14.2 Å². The Balaban J connectivity index is 1.31. The zero-order valence-corrected chi connectivity index (χ0v) is 18.8. The Morgan fingerprint density at radius 1 is 0.690 bits per heavy atom. The summed E-state index contributed by atoms with van der Waals surface area (Å²) in [4.78, 5) is 0. The molecule has 0 radical (unpaired) electrons. The van der Waals surface area contributed by atoms with Crippen molar-refractivity contribution in [1.82, 2.24) is 0 Å². The first-order valence-corrected chi connectivity index (χ1v) is 12.3. The van der Waals surface area contributed by atoms with Crippen LogP contribution in [0.4, 0.5) is 0 Å². The van der Waals surface area contributed by atoms with Gasteiger partial charge in [0.1, 0.15) is 6.10 Å². The van der Waals surface area contributed by atoms with Crippen molar-refractivity contribution in [3.05, 3.63) is 35.9 Å². The molecule has 1 saturated heterocycles. The smallest absolute Gasteiger partial charge is 0.184 e. The van der Waals surface area contributed by atoms with Gasteiger partial charge in [0, 0.05) is 12.2 Å². The van der Waals surface area contributed by atoms with Crippen LogP contribution in [0.15, 0.2) is 30.3 Å². The lowest BCUT2D eigenvalue weighted by atomic mass is 10.0. The van der Waals surface area contributed by atoms with Gasteiger partial charge in [-0.2, -0.15) is 0 Å². The summed E-state index contributed by atoms with van der Waals surface area (Å²) in [5.74, 6) is 0. The van der Waals surface area contributed by atoms with E-state index in [4.69, 9.17) is 14.2 Å². The minimum atomic E-state index is -0.239. The highest BCUT2D eigenvalue weighted by molar-refractivity contribution is 5.16. The fourth-order valence-corrected chi connectivity index (χ4v) is 3.93. The van der Waals surface area contributed by atoms with E-state index < -0.39 is 0 Å². The third kappa shape index (κ3) is 11.8. The van der Waals surface area contributed by atoms with Crippen LogP contribution in [-0.2, 0) is 14.2 Å². The number of rotatable bonds is 17. The molecular formula is C26H44O3.